The minimum Gasteiger partial charge on any atom is -0.283 e. The third-order valence-corrected chi connectivity index (χ3v) is 5.43. The van der Waals surface area contributed by atoms with Gasteiger partial charge in [0.25, 0.3) is 5.56 Å². The lowest BCUT2D eigenvalue weighted by Gasteiger charge is -2.10. The Morgan fingerprint density at radius 3 is 3.00 bits per heavy atom. The lowest BCUT2D eigenvalue weighted by Crippen LogP contribution is -2.22. The lowest BCUT2D eigenvalue weighted by atomic mass is 10.2. The maximum Gasteiger partial charge on any atom is 0.263 e. The Hall–Kier alpha value is -2.58. The van der Waals surface area contributed by atoms with Gasteiger partial charge in [-0.3, -0.25) is 9.36 Å². The van der Waals surface area contributed by atoms with E-state index in [-0.39, 0.29) is 11.4 Å². The van der Waals surface area contributed by atoms with E-state index in [0.29, 0.717) is 37.8 Å². The molecule has 0 aliphatic heterocycles. The third-order valence-electron chi connectivity index (χ3n) is 3.61. The molecule has 124 valence electrons. The van der Waals surface area contributed by atoms with Crippen molar-refractivity contribution in [2.24, 2.45) is 0 Å². The van der Waals surface area contributed by atoms with Gasteiger partial charge >= 0.3 is 0 Å². The molecule has 25 heavy (non-hydrogen) atoms. The number of hydrogen-bond acceptors (Lipinski definition) is 6. The molecule has 0 aliphatic rings. The highest BCUT2D eigenvalue weighted by Gasteiger charge is 2.15. The first-order valence-electron chi connectivity index (χ1n) is 7.34. The molecule has 4 aromatic rings. The standard InChI is InChI=1S/C17H11FN4OS2/c1-2-6-22-16(23)11-5-7-24-15(11)21-17(22)25-14-12-8-10(18)3-4-13(12)19-9-20-14/h2-5,7-9H,1,6H2. The number of hydrogen-bond donors (Lipinski definition) is 0. The first-order chi connectivity index (χ1) is 12.2. The summed E-state index contributed by atoms with van der Waals surface area (Å²) in [6.07, 6.45) is 3.06. The van der Waals surface area contributed by atoms with Crippen LogP contribution in [0.15, 0.2) is 63.6 Å². The van der Waals surface area contributed by atoms with Crippen LogP contribution in [0, 0.1) is 5.82 Å². The fourth-order valence-electron chi connectivity index (χ4n) is 2.47. The Balaban J connectivity index is 1.91. The van der Waals surface area contributed by atoms with Gasteiger partial charge < -0.3 is 0 Å². The maximum atomic E-state index is 13.6. The van der Waals surface area contributed by atoms with Gasteiger partial charge in [-0.2, -0.15) is 0 Å². The number of allylic oxidation sites excluding steroid dienone is 1. The molecular weight excluding hydrogens is 359 g/mol. The van der Waals surface area contributed by atoms with Crippen LogP contribution in [0.25, 0.3) is 21.1 Å². The van der Waals surface area contributed by atoms with Crippen LogP contribution in [0.5, 0.6) is 0 Å². The zero-order chi connectivity index (χ0) is 17.4. The van der Waals surface area contributed by atoms with Gasteiger partial charge in [-0.15, -0.1) is 17.9 Å². The summed E-state index contributed by atoms with van der Waals surface area (Å²) in [4.78, 5) is 26.3. The number of thiophene rings is 1. The molecule has 0 bridgehead atoms. The van der Waals surface area contributed by atoms with Crippen molar-refractivity contribution in [3.05, 3.63) is 64.8 Å². The van der Waals surface area contributed by atoms with Gasteiger partial charge in [0.2, 0.25) is 0 Å². The van der Waals surface area contributed by atoms with Crippen LogP contribution >= 0.6 is 23.1 Å². The summed E-state index contributed by atoms with van der Waals surface area (Å²) in [7, 11) is 0. The molecule has 3 aromatic heterocycles. The van der Waals surface area contributed by atoms with E-state index in [2.05, 4.69) is 21.5 Å². The van der Waals surface area contributed by atoms with Crippen molar-refractivity contribution in [3.8, 4) is 0 Å². The van der Waals surface area contributed by atoms with Crippen molar-refractivity contribution in [2.75, 3.05) is 0 Å². The van der Waals surface area contributed by atoms with Gasteiger partial charge in [-0.25, -0.2) is 19.3 Å². The van der Waals surface area contributed by atoms with Crippen molar-refractivity contribution in [3.63, 3.8) is 0 Å². The lowest BCUT2D eigenvalue weighted by molar-refractivity contribution is 0.629. The topological polar surface area (TPSA) is 60.7 Å². The van der Waals surface area contributed by atoms with E-state index in [4.69, 9.17) is 0 Å². The number of halogens is 1. The van der Waals surface area contributed by atoms with Crippen LogP contribution in [-0.2, 0) is 6.54 Å². The number of nitrogens with zero attached hydrogens (tertiary/aromatic N) is 4. The minimum absolute atomic E-state index is 0.127. The molecule has 1 aromatic carbocycles. The fourth-order valence-corrected chi connectivity index (χ4v) is 4.23. The molecule has 0 unspecified atom stereocenters. The Morgan fingerprint density at radius 1 is 1.28 bits per heavy atom. The van der Waals surface area contributed by atoms with Crippen LogP contribution in [0.4, 0.5) is 4.39 Å². The van der Waals surface area contributed by atoms with Crippen molar-refractivity contribution in [1.82, 2.24) is 19.5 Å². The smallest absolute Gasteiger partial charge is 0.263 e. The molecule has 4 rings (SSSR count). The monoisotopic (exact) mass is 370 g/mol. The molecule has 8 heteroatoms. The molecule has 0 spiro atoms. The fraction of sp³-hybridized carbons (Fsp3) is 0.0588. The van der Waals surface area contributed by atoms with E-state index >= 15 is 0 Å². The average molecular weight is 370 g/mol. The number of rotatable bonds is 4. The summed E-state index contributed by atoms with van der Waals surface area (Å²) in [5, 5.41) is 4.03. The normalized spacial score (nSPS) is 11.2. The second-order valence-electron chi connectivity index (χ2n) is 5.18. The Labute approximate surface area is 149 Å². The summed E-state index contributed by atoms with van der Waals surface area (Å²) in [5.74, 6) is -0.366. The van der Waals surface area contributed by atoms with Gasteiger partial charge in [-0.05, 0) is 41.4 Å². The Bertz CT molecular complexity index is 1170. The molecule has 3 heterocycles. The van der Waals surface area contributed by atoms with Crippen LogP contribution in [0.1, 0.15) is 0 Å². The van der Waals surface area contributed by atoms with Gasteiger partial charge in [-0.1, -0.05) is 6.08 Å². The van der Waals surface area contributed by atoms with E-state index in [1.807, 2.05) is 5.38 Å². The second kappa shape index (κ2) is 6.38. The van der Waals surface area contributed by atoms with Crippen LogP contribution in [0.3, 0.4) is 0 Å². The number of fused-ring (bicyclic) bond motifs is 2. The molecule has 0 radical (unpaired) electrons. The summed E-state index contributed by atoms with van der Waals surface area (Å²) >= 11 is 2.62. The van der Waals surface area contributed by atoms with Gasteiger partial charge in [0.05, 0.1) is 10.9 Å². The predicted octanol–water partition coefficient (Wildman–Crippen LogP) is 3.88. The molecule has 0 saturated carbocycles. The SMILES string of the molecule is C=CCn1c(Sc2ncnc3ccc(F)cc23)nc2sccc2c1=O. The van der Waals surface area contributed by atoms with Crippen LogP contribution < -0.4 is 5.56 Å². The number of aromatic nitrogens is 4. The van der Waals surface area contributed by atoms with E-state index in [9.17, 15) is 9.18 Å². The second-order valence-corrected chi connectivity index (χ2v) is 7.03. The molecule has 0 aliphatic carbocycles. The summed E-state index contributed by atoms with van der Waals surface area (Å²) in [6, 6.07) is 6.10. The Morgan fingerprint density at radius 2 is 2.16 bits per heavy atom. The molecular formula is C17H11FN4OS2. The van der Waals surface area contributed by atoms with E-state index in [1.165, 1.54) is 41.6 Å². The summed E-state index contributed by atoms with van der Waals surface area (Å²) in [5.41, 5.74) is 0.506. The van der Waals surface area contributed by atoms with Crippen LogP contribution in [0.2, 0.25) is 0 Å². The highest BCUT2D eigenvalue weighted by Crippen LogP contribution is 2.31. The third kappa shape index (κ3) is 2.83. The molecule has 0 fully saturated rings. The highest BCUT2D eigenvalue weighted by molar-refractivity contribution is 7.99. The van der Waals surface area contributed by atoms with Crippen molar-refractivity contribution in [1.29, 1.82) is 0 Å². The van der Waals surface area contributed by atoms with E-state index < -0.39 is 0 Å². The van der Waals surface area contributed by atoms with E-state index in [1.54, 1.807) is 22.8 Å². The molecule has 0 N–H and O–H groups in total. The average Bonchev–Trinajstić information content (AvgIpc) is 3.07. The largest absolute Gasteiger partial charge is 0.283 e. The zero-order valence-electron chi connectivity index (χ0n) is 12.8. The summed E-state index contributed by atoms with van der Waals surface area (Å²) < 4.78 is 15.2. The number of benzene rings is 1. The first kappa shape index (κ1) is 15.9. The van der Waals surface area contributed by atoms with Crippen molar-refractivity contribution >= 4 is 44.2 Å². The molecule has 0 atom stereocenters. The molecule has 5 nitrogen and oxygen atoms in total. The van der Waals surface area contributed by atoms with Crippen LogP contribution in [-0.4, -0.2) is 19.5 Å². The quantitative estimate of drug-likeness (QED) is 0.310. The molecule has 0 saturated heterocycles. The predicted molar refractivity (Wildman–Crippen MR) is 97.7 cm³/mol. The van der Waals surface area contributed by atoms with Gasteiger partial charge in [0, 0.05) is 11.9 Å². The van der Waals surface area contributed by atoms with Crippen molar-refractivity contribution in [2.45, 2.75) is 16.7 Å². The maximum absolute atomic E-state index is 13.6. The van der Waals surface area contributed by atoms with Gasteiger partial charge in [0.1, 0.15) is 22.0 Å². The Kier molecular flexibility index (Phi) is 4.06. The molecule has 0 amide bonds. The van der Waals surface area contributed by atoms with Crippen molar-refractivity contribution < 1.29 is 4.39 Å². The summed E-state index contributed by atoms with van der Waals surface area (Å²) in [6.45, 7) is 4.04. The highest BCUT2D eigenvalue weighted by atomic mass is 32.2. The minimum atomic E-state index is -0.366. The van der Waals surface area contributed by atoms with Gasteiger partial charge in [0.15, 0.2) is 5.16 Å². The zero-order valence-corrected chi connectivity index (χ0v) is 14.5. The van der Waals surface area contributed by atoms with E-state index in [0.717, 1.165) is 0 Å². The first-order valence-corrected chi connectivity index (χ1v) is 9.04.